The Bertz CT molecular complexity index is 775. The largest absolute Gasteiger partial charge is 0.323 e. The highest BCUT2D eigenvalue weighted by Crippen LogP contribution is 2.33. The minimum absolute atomic E-state index is 0.248. The fourth-order valence-electron chi connectivity index (χ4n) is 2.58. The zero-order chi connectivity index (χ0) is 15.3. The van der Waals surface area contributed by atoms with Crippen LogP contribution in [-0.2, 0) is 10.0 Å². The van der Waals surface area contributed by atoms with E-state index in [-0.39, 0.29) is 5.92 Å². The van der Waals surface area contributed by atoms with E-state index in [0.717, 1.165) is 0 Å². The SMILES string of the molecule is CC(C)C1(N)CN(S(=O)(=O)c2cccc3ncccc23)C1. The lowest BCUT2D eigenvalue weighted by Gasteiger charge is -2.49. The number of hydrogen-bond acceptors (Lipinski definition) is 4. The first-order valence-electron chi connectivity index (χ1n) is 6.97. The molecule has 1 fully saturated rings. The molecule has 3 rings (SSSR count). The van der Waals surface area contributed by atoms with Crippen molar-refractivity contribution >= 4 is 20.9 Å². The summed E-state index contributed by atoms with van der Waals surface area (Å²) in [6.07, 6.45) is 1.66. The summed E-state index contributed by atoms with van der Waals surface area (Å²) >= 11 is 0. The van der Waals surface area contributed by atoms with Gasteiger partial charge in [-0.05, 0) is 30.2 Å². The number of pyridine rings is 1. The van der Waals surface area contributed by atoms with Gasteiger partial charge in [-0.15, -0.1) is 0 Å². The molecule has 1 aliphatic heterocycles. The number of nitrogens with two attached hydrogens (primary N) is 1. The topological polar surface area (TPSA) is 76.3 Å². The number of sulfonamides is 1. The molecule has 1 aliphatic rings. The van der Waals surface area contributed by atoms with Crippen molar-refractivity contribution in [2.24, 2.45) is 11.7 Å². The molecule has 2 aromatic rings. The smallest absolute Gasteiger partial charge is 0.243 e. The third kappa shape index (κ3) is 2.23. The number of benzene rings is 1. The first-order valence-corrected chi connectivity index (χ1v) is 8.41. The molecule has 0 radical (unpaired) electrons. The summed E-state index contributed by atoms with van der Waals surface area (Å²) in [7, 11) is -3.52. The van der Waals surface area contributed by atoms with Crippen molar-refractivity contribution in [2.75, 3.05) is 13.1 Å². The van der Waals surface area contributed by atoms with Crippen LogP contribution < -0.4 is 5.73 Å². The number of hydrogen-bond donors (Lipinski definition) is 1. The summed E-state index contributed by atoms with van der Waals surface area (Å²) in [4.78, 5) is 4.51. The first-order chi connectivity index (χ1) is 9.84. The van der Waals surface area contributed by atoms with E-state index in [2.05, 4.69) is 4.98 Å². The lowest BCUT2D eigenvalue weighted by atomic mass is 9.82. The van der Waals surface area contributed by atoms with Gasteiger partial charge in [-0.3, -0.25) is 4.98 Å². The molecule has 1 aromatic heterocycles. The summed E-state index contributed by atoms with van der Waals surface area (Å²) in [6.45, 7) is 4.77. The van der Waals surface area contributed by atoms with Gasteiger partial charge in [0.2, 0.25) is 10.0 Å². The maximum Gasteiger partial charge on any atom is 0.243 e. The van der Waals surface area contributed by atoms with E-state index in [1.165, 1.54) is 4.31 Å². The van der Waals surface area contributed by atoms with Crippen LogP contribution in [0.1, 0.15) is 13.8 Å². The molecule has 0 bridgehead atoms. The minimum atomic E-state index is -3.52. The van der Waals surface area contributed by atoms with Crippen molar-refractivity contribution < 1.29 is 8.42 Å². The lowest BCUT2D eigenvalue weighted by Crippen LogP contribution is -2.70. The molecule has 112 valence electrons. The highest BCUT2D eigenvalue weighted by molar-refractivity contribution is 7.89. The highest BCUT2D eigenvalue weighted by atomic mass is 32.2. The summed E-state index contributed by atoms with van der Waals surface area (Å²) in [5.74, 6) is 0.248. The van der Waals surface area contributed by atoms with Gasteiger partial charge in [-0.1, -0.05) is 19.9 Å². The second kappa shape index (κ2) is 4.76. The Morgan fingerprint density at radius 3 is 2.62 bits per heavy atom. The van der Waals surface area contributed by atoms with Gasteiger partial charge in [0.15, 0.2) is 0 Å². The Kier molecular flexibility index (Phi) is 3.27. The summed E-state index contributed by atoms with van der Waals surface area (Å²) in [6, 6.07) is 8.70. The van der Waals surface area contributed by atoms with Crippen molar-refractivity contribution in [3.05, 3.63) is 36.5 Å². The third-order valence-corrected chi connectivity index (χ3v) is 6.16. The van der Waals surface area contributed by atoms with Crippen LogP contribution in [0.2, 0.25) is 0 Å². The van der Waals surface area contributed by atoms with Crippen LogP contribution in [0.15, 0.2) is 41.4 Å². The van der Waals surface area contributed by atoms with Crippen molar-refractivity contribution in [3.8, 4) is 0 Å². The first kappa shape index (κ1) is 14.4. The number of rotatable bonds is 3. The number of fused-ring (bicyclic) bond motifs is 1. The molecule has 0 unspecified atom stereocenters. The molecule has 1 aromatic carbocycles. The molecule has 0 aliphatic carbocycles. The predicted molar refractivity (Wildman–Crippen MR) is 82.3 cm³/mol. The lowest BCUT2D eigenvalue weighted by molar-refractivity contribution is 0.110. The highest BCUT2D eigenvalue weighted by Gasteiger charge is 2.47. The van der Waals surface area contributed by atoms with E-state index in [0.29, 0.717) is 28.9 Å². The maximum absolute atomic E-state index is 12.8. The van der Waals surface area contributed by atoms with Crippen molar-refractivity contribution in [3.63, 3.8) is 0 Å². The van der Waals surface area contributed by atoms with Crippen LogP contribution >= 0.6 is 0 Å². The molecule has 0 spiro atoms. The van der Waals surface area contributed by atoms with Gasteiger partial charge in [0.1, 0.15) is 0 Å². The maximum atomic E-state index is 12.8. The summed E-state index contributed by atoms with van der Waals surface area (Å²) in [5.41, 5.74) is 6.47. The van der Waals surface area contributed by atoms with E-state index >= 15 is 0 Å². The third-order valence-electron chi connectivity index (χ3n) is 4.31. The van der Waals surface area contributed by atoms with E-state index < -0.39 is 15.6 Å². The molecule has 5 nitrogen and oxygen atoms in total. The summed E-state index contributed by atoms with van der Waals surface area (Å²) in [5, 5.41) is 0.652. The predicted octanol–water partition coefficient (Wildman–Crippen LogP) is 1.59. The van der Waals surface area contributed by atoms with Crippen LogP contribution in [0.5, 0.6) is 0 Å². The summed E-state index contributed by atoms with van der Waals surface area (Å²) < 4.78 is 27.0. The van der Waals surface area contributed by atoms with Crippen molar-refractivity contribution in [2.45, 2.75) is 24.3 Å². The van der Waals surface area contributed by atoms with Crippen molar-refractivity contribution in [1.82, 2.24) is 9.29 Å². The zero-order valence-electron chi connectivity index (χ0n) is 12.2. The second-order valence-electron chi connectivity index (χ2n) is 5.99. The van der Waals surface area contributed by atoms with Crippen LogP contribution in [-0.4, -0.2) is 36.3 Å². The number of nitrogens with zero attached hydrogens (tertiary/aromatic N) is 2. The Morgan fingerprint density at radius 1 is 1.24 bits per heavy atom. The molecule has 0 amide bonds. The van der Waals surface area contributed by atoms with E-state index in [9.17, 15) is 8.42 Å². The van der Waals surface area contributed by atoms with Gasteiger partial charge in [0, 0.05) is 30.2 Å². The van der Waals surface area contributed by atoms with Crippen LogP contribution in [0.3, 0.4) is 0 Å². The average Bonchev–Trinajstić information content (AvgIpc) is 2.42. The van der Waals surface area contributed by atoms with Gasteiger partial charge in [0.25, 0.3) is 0 Å². The van der Waals surface area contributed by atoms with Crippen LogP contribution in [0.25, 0.3) is 10.9 Å². The second-order valence-corrected chi connectivity index (χ2v) is 7.89. The Morgan fingerprint density at radius 2 is 1.95 bits per heavy atom. The molecule has 0 saturated carbocycles. The van der Waals surface area contributed by atoms with Gasteiger partial charge >= 0.3 is 0 Å². The van der Waals surface area contributed by atoms with Gasteiger partial charge < -0.3 is 5.73 Å². The van der Waals surface area contributed by atoms with E-state index in [1.54, 1.807) is 30.5 Å². The number of aromatic nitrogens is 1. The Hall–Kier alpha value is -1.50. The Balaban J connectivity index is 2.00. The van der Waals surface area contributed by atoms with Gasteiger partial charge in [0.05, 0.1) is 10.4 Å². The van der Waals surface area contributed by atoms with Crippen LogP contribution in [0.4, 0.5) is 0 Å². The van der Waals surface area contributed by atoms with E-state index in [4.69, 9.17) is 5.73 Å². The fourth-order valence-corrected chi connectivity index (χ4v) is 4.38. The van der Waals surface area contributed by atoms with Crippen molar-refractivity contribution in [1.29, 1.82) is 0 Å². The zero-order valence-corrected chi connectivity index (χ0v) is 13.0. The standard InChI is InChI=1S/C15H19N3O2S/c1-11(2)15(16)9-18(10-15)21(19,20)14-7-3-6-13-12(14)5-4-8-17-13/h3-8,11H,9-10,16H2,1-2H3. The molecular formula is C15H19N3O2S. The average molecular weight is 305 g/mol. The normalized spacial score (nSPS) is 18.9. The van der Waals surface area contributed by atoms with E-state index in [1.807, 2.05) is 19.9 Å². The van der Waals surface area contributed by atoms with Crippen LogP contribution in [0, 0.1) is 5.92 Å². The molecule has 6 heteroatoms. The quantitative estimate of drug-likeness (QED) is 0.934. The molecule has 21 heavy (non-hydrogen) atoms. The van der Waals surface area contributed by atoms with Gasteiger partial charge in [-0.25, -0.2) is 8.42 Å². The van der Waals surface area contributed by atoms with Gasteiger partial charge in [-0.2, -0.15) is 4.31 Å². The molecule has 1 saturated heterocycles. The monoisotopic (exact) mass is 305 g/mol. The molecule has 0 atom stereocenters. The Labute approximate surface area is 124 Å². The fraction of sp³-hybridized carbons (Fsp3) is 0.400. The molecule has 2 N–H and O–H groups in total. The molecule has 2 heterocycles. The minimum Gasteiger partial charge on any atom is -0.323 e. The molecular weight excluding hydrogens is 286 g/mol.